The Labute approximate surface area is 91.0 Å². The van der Waals surface area contributed by atoms with Crippen LogP contribution in [-0.2, 0) is 6.42 Å². The van der Waals surface area contributed by atoms with E-state index < -0.39 is 0 Å². The normalized spacial score (nSPS) is 13.5. The summed E-state index contributed by atoms with van der Waals surface area (Å²) in [6.45, 7) is 5.54. The number of likely N-dealkylation sites (N-methyl/N-ethyl adjacent to an activating group) is 1. The summed E-state index contributed by atoms with van der Waals surface area (Å²) in [6, 6.07) is 0. The van der Waals surface area contributed by atoms with Gasteiger partial charge in [-0.1, -0.05) is 13.8 Å². The first-order chi connectivity index (χ1) is 6.63. The van der Waals surface area contributed by atoms with Gasteiger partial charge in [-0.2, -0.15) is 0 Å². The first-order valence-corrected chi connectivity index (χ1v) is 6.10. The molecule has 1 aromatic rings. The van der Waals surface area contributed by atoms with Crippen LogP contribution < -0.4 is 0 Å². The third kappa shape index (κ3) is 3.39. The maximum atomic E-state index is 4.64. The van der Waals surface area contributed by atoms with E-state index in [2.05, 4.69) is 43.2 Å². The molecule has 1 aromatic heterocycles. The van der Waals surface area contributed by atoms with E-state index in [0.29, 0.717) is 5.92 Å². The molecule has 0 aliphatic rings. The van der Waals surface area contributed by atoms with Crippen molar-refractivity contribution in [3.63, 3.8) is 0 Å². The molecule has 0 amide bonds. The van der Waals surface area contributed by atoms with Gasteiger partial charge in [-0.15, -0.1) is 11.3 Å². The highest BCUT2D eigenvalue weighted by molar-refractivity contribution is 7.09. The van der Waals surface area contributed by atoms with E-state index in [1.165, 1.54) is 17.1 Å². The Balaban J connectivity index is 2.50. The molecule has 0 bridgehead atoms. The molecule has 0 saturated heterocycles. The molecule has 2 nitrogen and oxygen atoms in total. The molecule has 1 atom stereocenters. The fourth-order valence-corrected chi connectivity index (χ4v) is 2.10. The van der Waals surface area contributed by atoms with Crippen molar-refractivity contribution in [2.24, 2.45) is 0 Å². The first-order valence-electron chi connectivity index (χ1n) is 5.22. The van der Waals surface area contributed by atoms with Crippen molar-refractivity contribution in [3.05, 3.63) is 16.1 Å². The molecule has 0 saturated carbocycles. The predicted molar refractivity (Wildman–Crippen MR) is 63.1 cm³/mol. The van der Waals surface area contributed by atoms with E-state index in [0.717, 1.165) is 13.0 Å². The van der Waals surface area contributed by atoms with Crippen LogP contribution in [0, 0.1) is 0 Å². The molecule has 0 spiro atoms. The van der Waals surface area contributed by atoms with Crippen LogP contribution in [-0.4, -0.2) is 30.5 Å². The Morgan fingerprint density at radius 1 is 1.50 bits per heavy atom. The highest BCUT2D eigenvalue weighted by Gasteiger charge is 2.07. The molecule has 1 heterocycles. The van der Waals surface area contributed by atoms with Gasteiger partial charge in [-0.3, -0.25) is 0 Å². The van der Waals surface area contributed by atoms with E-state index in [1.807, 2.05) is 0 Å². The SMILES string of the molecule is CCC(C)c1csc(CCN(C)C)n1. The lowest BCUT2D eigenvalue weighted by Gasteiger charge is -2.06. The van der Waals surface area contributed by atoms with Crippen molar-refractivity contribution < 1.29 is 0 Å². The van der Waals surface area contributed by atoms with Crippen LogP contribution in [0.1, 0.15) is 36.9 Å². The molecule has 0 aromatic carbocycles. The van der Waals surface area contributed by atoms with Gasteiger partial charge in [0.05, 0.1) is 10.7 Å². The number of rotatable bonds is 5. The van der Waals surface area contributed by atoms with E-state index in [9.17, 15) is 0 Å². The number of hydrogen-bond donors (Lipinski definition) is 0. The zero-order valence-corrected chi connectivity index (χ0v) is 10.4. The van der Waals surface area contributed by atoms with Gasteiger partial charge in [0.1, 0.15) is 0 Å². The van der Waals surface area contributed by atoms with Crippen molar-refractivity contribution in [2.75, 3.05) is 20.6 Å². The monoisotopic (exact) mass is 212 g/mol. The van der Waals surface area contributed by atoms with Crippen molar-refractivity contribution in [1.29, 1.82) is 0 Å². The zero-order chi connectivity index (χ0) is 10.6. The van der Waals surface area contributed by atoms with Crippen LogP contribution in [0.3, 0.4) is 0 Å². The minimum Gasteiger partial charge on any atom is -0.309 e. The van der Waals surface area contributed by atoms with E-state index in [1.54, 1.807) is 11.3 Å². The Bertz CT molecular complexity index is 268. The van der Waals surface area contributed by atoms with Gasteiger partial charge < -0.3 is 4.90 Å². The number of hydrogen-bond acceptors (Lipinski definition) is 3. The van der Waals surface area contributed by atoms with Crippen LogP contribution in [0.2, 0.25) is 0 Å². The smallest absolute Gasteiger partial charge is 0.0941 e. The topological polar surface area (TPSA) is 16.1 Å². The molecule has 0 aliphatic heterocycles. The molecular formula is C11H20N2S. The van der Waals surface area contributed by atoms with Crippen LogP contribution in [0.25, 0.3) is 0 Å². The Morgan fingerprint density at radius 2 is 2.21 bits per heavy atom. The number of aromatic nitrogens is 1. The summed E-state index contributed by atoms with van der Waals surface area (Å²) >= 11 is 1.80. The second-order valence-electron chi connectivity index (χ2n) is 4.03. The summed E-state index contributed by atoms with van der Waals surface area (Å²) in [5.74, 6) is 0.611. The molecule has 0 radical (unpaired) electrons. The molecule has 0 fully saturated rings. The lowest BCUT2D eigenvalue weighted by atomic mass is 10.1. The second-order valence-corrected chi connectivity index (χ2v) is 4.97. The minimum atomic E-state index is 0.611. The van der Waals surface area contributed by atoms with Gasteiger partial charge in [0, 0.05) is 18.3 Å². The van der Waals surface area contributed by atoms with Crippen LogP contribution in [0.15, 0.2) is 5.38 Å². The van der Waals surface area contributed by atoms with Crippen LogP contribution >= 0.6 is 11.3 Å². The maximum absolute atomic E-state index is 4.64. The summed E-state index contributed by atoms with van der Waals surface area (Å²) in [5.41, 5.74) is 1.27. The lowest BCUT2D eigenvalue weighted by Crippen LogP contribution is -2.14. The summed E-state index contributed by atoms with van der Waals surface area (Å²) in [4.78, 5) is 6.84. The molecule has 3 heteroatoms. The summed E-state index contributed by atoms with van der Waals surface area (Å²) < 4.78 is 0. The summed E-state index contributed by atoms with van der Waals surface area (Å²) in [7, 11) is 4.20. The van der Waals surface area contributed by atoms with Crippen molar-refractivity contribution in [1.82, 2.24) is 9.88 Å². The largest absolute Gasteiger partial charge is 0.309 e. The number of thiazole rings is 1. The van der Waals surface area contributed by atoms with Gasteiger partial charge in [0.2, 0.25) is 0 Å². The van der Waals surface area contributed by atoms with Crippen LogP contribution in [0.5, 0.6) is 0 Å². The van der Waals surface area contributed by atoms with Gasteiger partial charge in [0.15, 0.2) is 0 Å². The van der Waals surface area contributed by atoms with Crippen LogP contribution in [0.4, 0.5) is 0 Å². The fourth-order valence-electron chi connectivity index (χ4n) is 1.19. The first kappa shape index (κ1) is 11.7. The third-order valence-electron chi connectivity index (χ3n) is 2.46. The zero-order valence-electron chi connectivity index (χ0n) is 9.58. The predicted octanol–water partition coefficient (Wildman–Crippen LogP) is 2.76. The summed E-state index contributed by atoms with van der Waals surface area (Å²) in [5, 5.41) is 3.48. The van der Waals surface area contributed by atoms with E-state index in [4.69, 9.17) is 0 Å². The summed E-state index contributed by atoms with van der Waals surface area (Å²) in [6.07, 6.45) is 2.25. The average Bonchev–Trinajstić information content (AvgIpc) is 2.62. The van der Waals surface area contributed by atoms with Gasteiger partial charge in [-0.05, 0) is 26.4 Å². The third-order valence-corrected chi connectivity index (χ3v) is 3.39. The molecular weight excluding hydrogens is 192 g/mol. The van der Waals surface area contributed by atoms with E-state index >= 15 is 0 Å². The van der Waals surface area contributed by atoms with Crippen molar-refractivity contribution >= 4 is 11.3 Å². The number of nitrogens with zero attached hydrogens (tertiary/aromatic N) is 2. The molecule has 80 valence electrons. The minimum absolute atomic E-state index is 0.611. The van der Waals surface area contributed by atoms with E-state index in [-0.39, 0.29) is 0 Å². The molecule has 14 heavy (non-hydrogen) atoms. The average molecular weight is 212 g/mol. The van der Waals surface area contributed by atoms with Gasteiger partial charge >= 0.3 is 0 Å². The highest BCUT2D eigenvalue weighted by Crippen LogP contribution is 2.21. The Kier molecular flexibility index (Phi) is 4.55. The lowest BCUT2D eigenvalue weighted by molar-refractivity contribution is 0.413. The Morgan fingerprint density at radius 3 is 2.79 bits per heavy atom. The Hall–Kier alpha value is -0.410. The van der Waals surface area contributed by atoms with Crippen molar-refractivity contribution in [3.8, 4) is 0 Å². The molecule has 1 rings (SSSR count). The van der Waals surface area contributed by atoms with Gasteiger partial charge in [0.25, 0.3) is 0 Å². The molecule has 0 N–H and O–H groups in total. The molecule has 0 aliphatic carbocycles. The standard InChI is InChI=1S/C11H20N2S/c1-5-9(2)10-8-14-11(12-10)6-7-13(3)4/h8-9H,5-7H2,1-4H3. The van der Waals surface area contributed by atoms with Gasteiger partial charge in [-0.25, -0.2) is 4.98 Å². The quantitative estimate of drug-likeness (QED) is 0.746. The highest BCUT2D eigenvalue weighted by atomic mass is 32.1. The maximum Gasteiger partial charge on any atom is 0.0941 e. The second kappa shape index (κ2) is 5.47. The van der Waals surface area contributed by atoms with Crippen molar-refractivity contribution in [2.45, 2.75) is 32.6 Å². The molecule has 1 unspecified atom stereocenters. The fraction of sp³-hybridized carbons (Fsp3) is 0.727.